The van der Waals surface area contributed by atoms with Gasteiger partial charge in [-0.05, 0) is 29.8 Å². The van der Waals surface area contributed by atoms with Crippen LogP contribution in [0.25, 0.3) is 5.76 Å². The number of anilines is 1. The van der Waals surface area contributed by atoms with Crippen LogP contribution in [0.5, 0.6) is 0 Å². The number of hydrogen-bond acceptors (Lipinski definition) is 3. The van der Waals surface area contributed by atoms with Gasteiger partial charge in [0.05, 0.1) is 11.6 Å². The van der Waals surface area contributed by atoms with Crippen molar-refractivity contribution in [1.29, 1.82) is 0 Å². The van der Waals surface area contributed by atoms with Crippen molar-refractivity contribution in [3.8, 4) is 0 Å². The molecule has 3 aromatic rings. The fraction of sp³-hybridized carbons (Fsp3) is 0.0435. The first kappa shape index (κ1) is 18.0. The number of carbonyl (C=O) groups is 2. The van der Waals surface area contributed by atoms with E-state index in [-0.39, 0.29) is 11.3 Å². The van der Waals surface area contributed by atoms with Crippen molar-refractivity contribution < 1.29 is 14.7 Å². The molecular weight excluding hydrogens is 374 g/mol. The number of aliphatic hydroxyl groups is 1. The number of rotatable bonds is 3. The highest BCUT2D eigenvalue weighted by molar-refractivity contribution is 6.51. The Morgan fingerprint density at radius 1 is 0.821 bits per heavy atom. The molecule has 1 fully saturated rings. The van der Waals surface area contributed by atoms with Crippen molar-refractivity contribution in [2.45, 2.75) is 6.04 Å². The largest absolute Gasteiger partial charge is 0.507 e. The van der Waals surface area contributed by atoms with Gasteiger partial charge in [-0.2, -0.15) is 0 Å². The summed E-state index contributed by atoms with van der Waals surface area (Å²) in [5, 5.41) is 11.5. The van der Waals surface area contributed by atoms with Crippen LogP contribution in [0, 0.1) is 0 Å². The molecule has 1 atom stereocenters. The van der Waals surface area contributed by atoms with E-state index < -0.39 is 17.7 Å². The zero-order chi connectivity index (χ0) is 19.7. The monoisotopic (exact) mass is 389 g/mol. The Hall–Kier alpha value is -3.37. The van der Waals surface area contributed by atoms with E-state index in [9.17, 15) is 14.7 Å². The van der Waals surface area contributed by atoms with Crippen LogP contribution < -0.4 is 4.90 Å². The summed E-state index contributed by atoms with van der Waals surface area (Å²) in [4.78, 5) is 27.2. The van der Waals surface area contributed by atoms with E-state index in [1.54, 1.807) is 72.8 Å². The lowest BCUT2D eigenvalue weighted by molar-refractivity contribution is -0.132. The molecule has 0 aromatic heterocycles. The van der Waals surface area contributed by atoms with E-state index in [0.717, 1.165) is 0 Å². The summed E-state index contributed by atoms with van der Waals surface area (Å²) in [6.45, 7) is 0. The molecule has 1 aliphatic heterocycles. The summed E-state index contributed by atoms with van der Waals surface area (Å²) in [5.41, 5.74) is 1.80. The predicted molar refractivity (Wildman–Crippen MR) is 109 cm³/mol. The van der Waals surface area contributed by atoms with Gasteiger partial charge in [-0.25, -0.2) is 0 Å². The fourth-order valence-corrected chi connectivity index (χ4v) is 3.53. The van der Waals surface area contributed by atoms with Crippen LogP contribution in [0.3, 0.4) is 0 Å². The van der Waals surface area contributed by atoms with E-state index in [2.05, 4.69) is 0 Å². The Balaban J connectivity index is 1.95. The molecule has 5 heteroatoms. The third-order valence-electron chi connectivity index (χ3n) is 4.71. The second kappa shape index (κ2) is 7.33. The van der Waals surface area contributed by atoms with Crippen molar-refractivity contribution in [2.75, 3.05) is 4.90 Å². The number of ketones is 1. The Bertz CT molecular complexity index is 1060. The van der Waals surface area contributed by atoms with Crippen LogP contribution in [0.15, 0.2) is 90.5 Å². The molecule has 4 nitrogen and oxygen atoms in total. The van der Waals surface area contributed by atoms with Gasteiger partial charge in [-0.1, -0.05) is 72.3 Å². The molecule has 0 aliphatic carbocycles. The van der Waals surface area contributed by atoms with Gasteiger partial charge >= 0.3 is 0 Å². The van der Waals surface area contributed by atoms with Crippen LogP contribution in [-0.4, -0.2) is 16.8 Å². The topological polar surface area (TPSA) is 57.6 Å². The SMILES string of the molecule is O=C1C(=O)N(c2ccccc2)[C@@H](c2ccc(Cl)cc2)/C1=C(\O)c1ccccc1. The molecule has 1 amide bonds. The highest BCUT2D eigenvalue weighted by Crippen LogP contribution is 2.42. The molecule has 0 saturated carbocycles. The minimum absolute atomic E-state index is 0.0578. The molecule has 0 bridgehead atoms. The van der Waals surface area contributed by atoms with E-state index in [1.807, 2.05) is 12.1 Å². The molecule has 138 valence electrons. The zero-order valence-electron chi connectivity index (χ0n) is 14.7. The third-order valence-corrected chi connectivity index (χ3v) is 4.96. The lowest BCUT2D eigenvalue weighted by Crippen LogP contribution is -2.29. The fourth-order valence-electron chi connectivity index (χ4n) is 3.40. The van der Waals surface area contributed by atoms with Gasteiger partial charge in [0.1, 0.15) is 5.76 Å². The second-order valence-corrected chi connectivity index (χ2v) is 6.86. The van der Waals surface area contributed by atoms with Crippen molar-refractivity contribution in [1.82, 2.24) is 0 Å². The van der Waals surface area contributed by atoms with Crippen molar-refractivity contribution in [3.05, 3.63) is 107 Å². The Morgan fingerprint density at radius 2 is 1.39 bits per heavy atom. The molecule has 1 heterocycles. The first-order valence-corrected chi connectivity index (χ1v) is 9.12. The van der Waals surface area contributed by atoms with E-state index in [0.29, 0.717) is 21.8 Å². The van der Waals surface area contributed by atoms with Crippen molar-refractivity contribution in [3.63, 3.8) is 0 Å². The van der Waals surface area contributed by atoms with Crippen LogP contribution in [-0.2, 0) is 9.59 Å². The summed E-state index contributed by atoms with van der Waals surface area (Å²) in [5.74, 6) is -1.59. The molecule has 0 unspecified atom stereocenters. The predicted octanol–water partition coefficient (Wildman–Crippen LogP) is 4.97. The average molecular weight is 390 g/mol. The molecular formula is C23H16ClNO3. The number of carbonyl (C=O) groups excluding carboxylic acids is 2. The second-order valence-electron chi connectivity index (χ2n) is 6.42. The summed E-state index contributed by atoms with van der Waals surface area (Å²) >= 11 is 6.02. The Morgan fingerprint density at radius 3 is 2.00 bits per heavy atom. The van der Waals surface area contributed by atoms with Gasteiger partial charge in [0.25, 0.3) is 11.7 Å². The van der Waals surface area contributed by atoms with E-state index >= 15 is 0 Å². The molecule has 28 heavy (non-hydrogen) atoms. The van der Waals surface area contributed by atoms with Gasteiger partial charge in [-0.3, -0.25) is 14.5 Å². The Labute approximate surface area is 167 Å². The zero-order valence-corrected chi connectivity index (χ0v) is 15.5. The van der Waals surface area contributed by atoms with Gasteiger partial charge in [0.2, 0.25) is 0 Å². The van der Waals surface area contributed by atoms with Crippen LogP contribution in [0.4, 0.5) is 5.69 Å². The minimum atomic E-state index is -0.750. The molecule has 1 aliphatic rings. The van der Waals surface area contributed by atoms with E-state index in [4.69, 9.17) is 11.6 Å². The molecule has 1 saturated heterocycles. The number of nitrogens with zero attached hydrogens (tertiary/aromatic N) is 1. The number of Topliss-reactive ketones (excluding diaryl/α,β-unsaturated/α-hetero) is 1. The number of halogens is 1. The number of amides is 1. The Kier molecular flexibility index (Phi) is 4.72. The first-order chi connectivity index (χ1) is 13.6. The van der Waals surface area contributed by atoms with Gasteiger partial charge in [0, 0.05) is 16.3 Å². The summed E-state index contributed by atoms with van der Waals surface area (Å²) in [6.07, 6.45) is 0. The highest BCUT2D eigenvalue weighted by Gasteiger charge is 2.46. The van der Waals surface area contributed by atoms with E-state index in [1.165, 1.54) is 4.90 Å². The van der Waals surface area contributed by atoms with Gasteiger partial charge in [0.15, 0.2) is 0 Å². The third kappa shape index (κ3) is 3.08. The quantitative estimate of drug-likeness (QED) is 0.391. The summed E-state index contributed by atoms with van der Waals surface area (Å²) in [7, 11) is 0. The molecule has 1 N–H and O–H groups in total. The number of para-hydroxylation sites is 1. The van der Waals surface area contributed by atoms with Gasteiger partial charge < -0.3 is 5.11 Å². The maximum Gasteiger partial charge on any atom is 0.300 e. The van der Waals surface area contributed by atoms with Crippen LogP contribution in [0.1, 0.15) is 17.2 Å². The van der Waals surface area contributed by atoms with Crippen molar-refractivity contribution in [2.24, 2.45) is 0 Å². The number of benzene rings is 3. The standard InChI is InChI=1S/C23H16ClNO3/c24-17-13-11-15(12-14-17)20-19(21(26)16-7-3-1-4-8-16)22(27)23(28)25(20)18-9-5-2-6-10-18/h1-14,20,26H/b21-19+/t20-/m0/s1. The molecule has 0 spiro atoms. The lowest BCUT2D eigenvalue weighted by Gasteiger charge is -2.25. The maximum absolute atomic E-state index is 12.9. The van der Waals surface area contributed by atoms with Crippen LogP contribution >= 0.6 is 11.6 Å². The highest BCUT2D eigenvalue weighted by atomic mass is 35.5. The molecule has 0 radical (unpaired) electrons. The molecule has 3 aromatic carbocycles. The maximum atomic E-state index is 12.9. The lowest BCUT2D eigenvalue weighted by atomic mass is 9.95. The summed E-state index contributed by atoms with van der Waals surface area (Å²) < 4.78 is 0. The smallest absolute Gasteiger partial charge is 0.300 e. The average Bonchev–Trinajstić information content (AvgIpc) is 3.00. The van der Waals surface area contributed by atoms with Crippen molar-refractivity contribution >= 4 is 34.7 Å². The summed E-state index contributed by atoms with van der Waals surface area (Å²) in [6, 6.07) is 23.9. The molecule has 4 rings (SSSR count). The van der Waals surface area contributed by atoms with Crippen LogP contribution in [0.2, 0.25) is 5.02 Å². The number of hydrogen-bond donors (Lipinski definition) is 1. The normalized spacial score (nSPS) is 18.5. The number of aliphatic hydroxyl groups excluding tert-OH is 1. The van der Waals surface area contributed by atoms with Gasteiger partial charge in [-0.15, -0.1) is 0 Å². The minimum Gasteiger partial charge on any atom is -0.507 e. The first-order valence-electron chi connectivity index (χ1n) is 8.75.